The van der Waals surface area contributed by atoms with Gasteiger partial charge in [-0.15, -0.1) is 0 Å². The third-order valence-corrected chi connectivity index (χ3v) is 4.55. The van der Waals surface area contributed by atoms with Crippen LogP contribution in [0.4, 0.5) is 4.79 Å². The maximum absolute atomic E-state index is 12.7. The highest BCUT2D eigenvalue weighted by molar-refractivity contribution is 5.67. The maximum atomic E-state index is 12.7. The van der Waals surface area contributed by atoms with E-state index in [1.807, 2.05) is 48.5 Å². The van der Waals surface area contributed by atoms with Gasteiger partial charge in [-0.1, -0.05) is 50.5 Å². The van der Waals surface area contributed by atoms with Crippen molar-refractivity contribution < 1.29 is 19.0 Å². The smallest absolute Gasteiger partial charge is 0.410 e. The van der Waals surface area contributed by atoms with Crippen molar-refractivity contribution in [2.24, 2.45) is 0 Å². The number of rotatable bonds is 11. The number of methoxy groups -OCH3 is 2. The highest BCUT2D eigenvalue weighted by Gasteiger charge is 2.16. The zero-order chi connectivity index (χ0) is 20.2. The topological polar surface area (TPSA) is 48.0 Å². The number of hydrogen-bond acceptors (Lipinski definition) is 4. The molecule has 0 spiro atoms. The molecular weight excluding hydrogens is 354 g/mol. The van der Waals surface area contributed by atoms with Gasteiger partial charge in [-0.3, -0.25) is 4.90 Å². The number of carbonyl (C=O) groups excluding carboxylic acids is 1. The average molecular weight is 386 g/mol. The van der Waals surface area contributed by atoms with Crippen molar-refractivity contribution in [1.29, 1.82) is 0 Å². The second-order valence-electron chi connectivity index (χ2n) is 6.73. The van der Waals surface area contributed by atoms with E-state index in [0.29, 0.717) is 19.7 Å². The molecule has 0 N–H and O–H groups in total. The maximum Gasteiger partial charge on any atom is 0.410 e. The first kappa shape index (κ1) is 21.6. The first-order valence-electron chi connectivity index (χ1n) is 9.83. The summed E-state index contributed by atoms with van der Waals surface area (Å²) in [5, 5.41) is 0. The van der Waals surface area contributed by atoms with Crippen LogP contribution < -0.4 is 9.47 Å². The Hall–Kier alpha value is -2.69. The largest absolute Gasteiger partial charge is 0.497 e. The molecule has 0 unspecified atom stereocenters. The van der Waals surface area contributed by atoms with E-state index in [1.54, 1.807) is 19.1 Å². The number of hydrogen-bond donors (Lipinski definition) is 0. The van der Waals surface area contributed by atoms with Crippen molar-refractivity contribution in [2.45, 2.75) is 45.7 Å². The van der Waals surface area contributed by atoms with Gasteiger partial charge < -0.3 is 14.2 Å². The highest BCUT2D eigenvalue weighted by atomic mass is 16.6. The van der Waals surface area contributed by atoms with Crippen molar-refractivity contribution in [3.05, 3.63) is 59.7 Å². The summed E-state index contributed by atoms with van der Waals surface area (Å²) in [5.41, 5.74) is 2.05. The molecule has 0 aliphatic carbocycles. The van der Waals surface area contributed by atoms with Crippen molar-refractivity contribution in [3.63, 3.8) is 0 Å². The Morgan fingerprint density at radius 3 is 1.71 bits per heavy atom. The molecule has 0 saturated heterocycles. The molecule has 2 aromatic rings. The lowest BCUT2D eigenvalue weighted by Crippen LogP contribution is -2.31. The van der Waals surface area contributed by atoms with Crippen molar-refractivity contribution in [3.8, 4) is 11.5 Å². The molecule has 2 rings (SSSR count). The van der Waals surface area contributed by atoms with E-state index in [-0.39, 0.29) is 6.09 Å². The molecule has 2 aromatic carbocycles. The highest BCUT2D eigenvalue weighted by Crippen LogP contribution is 2.17. The molecule has 0 bridgehead atoms. The van der Waals surface area contributed by atoms with Crippen LogP contribution in [0.3, 0.4) is 0 Å². The van der Waals surface area contributed by atoms with E-state index in [2.05, 4.69) is 6.92 Å². The minimum atomic E-state index is -0.289. The van der Waals surface area contributed by atoms with Gasteiger partial charge in [-0.25, -0.2) is 4.79 Å². The Morgan fingerprint density at radius 2 is 1.29 bits per heavy atom. The lowest BCUT2D eigenvalue weighted by Gasteiger charge is -2.23. The fourth-order valence-corrected chi connectivity index (χ4v) is 2.87. The molecule has 0 fully saturated rings. The Bertz CT molecular complexity index is 648. The zero-order valence-electron chi connectivity index (χ0n) is 17.1. The summed E-state index contributed by atoms with van der Waals surface area (Å²) in [6.45, 7) is 3.58. The van der Waals surface area contributed by atoms with Crippen LogP contribution in [0.15, 0.2) is 48.5 Å². The molecule has 1 amide bonds. The fourth-order valence-electron chi connectivity index (χ4n) is 2.87. The molecular formula is C23H31NO4. The van der Waals surface area contributed by atoms with Crippen LogP contribution in [0.1, 0.15) is 43.7 Å². The summed E-state index contributed by atoms with van der Waals surface area (Å²) < 4.78 is 15.9. The van der Waals surface area contributed by atoms with Gasteiger partial charge in [0.05, 0.1) is 20.8 Å². The van der Waals surface area contributed by atoms with Crippen LogP contribution in [0, 0.1) is 0 Å². The number of ether oxygens (including phenoxy) is 3. The van der Waals surface area contributed by atoms with Gasteiger partial charge in [0.25, 0.3) is 0 Å². The predicted octanol–water partition coefficient (Wildman–Crippen LogP) is 5.42. The standard InChI is InChI=1S/C23H31NO4/c1-4-5-6-7-16-28-23(25)24(17-19-8-12-21(26-2)13-9-19)18-20-10-14-22(27-3)15-11-20/h8-15H,4-7,16-18H2,1-3H3. The molecule has 0 heterocycles. The molecule has 5 nitrogen and oxygen atoms in total. The van der Waals surface area contributed by atoms with E-state index in [0.717, 1.165) is 41.9 Å². The molecule has 0 radical (unpaired) electrons. The molecule has 0 aromatic heterocycles. The van der Waals surface area contributed by atoms with E-state index in [4.69, 9.17) is 14.2 Å². The average Bonchev–Trinajstić information content (AvgIpc) is 2.74. The van der Waals surface area contributed by atoms with Crippen LogP contribution in [0.5, 0.6) is 11.5 Å². The van der Waals surface area contributed by atoms with Gasteiger partial charge in [-0.2, -0.15) is 0 Å². The van der Waals surface area contributed by atoms with Gasteiger partial charge in [0.1, 0.15) is 11.5 Å². The first-order valence-corrected chi connectivity index (χ1v) is 9.83. The monoisotopic (exact) mass is 385 g/mol. The molecule has 0 aliphatic rings. The van der Waals surface area contributed by atoms with Crippen molar-refractivity contribution in [2.75, 3.05) is 20.8 Å². The molecule has 0 aliphatic heterocycles. The SMILES string of the molecule is CCCCCCOC(=O)N(Cc1ccc(OC)cc1)Cc1ccc(OC)cc1. The first-order chi connectivity index (χ1) is 13.7. The van der Waals surface area contributed by atoms with Crippen LogP contribution in [0.2, 0.25) is 0 Å². The second-order valence-corrected chi connectivity index (χ2v) is 6.73. The van der Waals surface area contributed by atoms with Gasteiger partial charge in [-0.05, 0) is 41.8 Å². The van der Waals surface area contributed by atoms with E-state index in [9.17, 15) is 4.79 Å². The van der Waals surface area contributed by atoms with Crippen LogP contribution in [-0.4, -0.2) is 31.8 Å². The minimum Gasteiger partial charge on any atom is -0.497 e. The summed E-state index contributed by atoms with van der Waals surface area (Å²) in [6, 6.07) is 15.5. The third kappa shape index (κ3) is 7.14. The summed E-state index contributed by atoms with van der Waals surface area (Å²) in [4.78, 5) is 14.4. The van der Waals surface area contributed by atoms with Gasteiger partial charge in [0.2, 0.25) is 0 Å². The minimum absolute atomic E-state index is 0.289. The Morgan fingerprint density at radius 1 is 0.786 bits per heavy atom. The molecule has 0 saturated carbocycles. The van der Waals surface area contributed by atoms with Crippen LogP contribution in [0.25, 0.3) is 0 Å². The third-order valence-electron chi connectivity index (χ3n) is 4.55. The van der Waals surface area contributed by atoms with E-state index in [1.165, 1.54) is 6.42 Å². The quantitative estimate of drug-likeness (QED) is 0.484. The number of nitrogens with zero attached hydrogens (tertiary/aromatic N) is 1. The Labute approximate surface area is 168 Å². The summed E-state index contributed by atoms with van der Waals surface area (Å²) in [6.07, 6.45) is 4.02. The van der Waals surface area contributed by atoms with E-state index < -0.39 is 0 Å². The van der Waals surface area contributed by atoms with Gasteiger partial charge in [0.15, 0.2) is 0 Å². The molecule has 152 valence electrons. The number of unbranched alkanes of at least 4 members (excludes halogenated alkanes) is 3. The second kappa shape index (κ2) is 11.9. The lowest BCUT2D eigenvalue weighted by atomic mass is 10.1. The van der Waals surface area contributed by atoms with Gasteiger partial charge in [0, 0.05) is 13.1 Å². The number of amides is 1. The van der Waals surface area contributed by atoms with Crippen LogP contribution >= 0.6 is 0 Å². The number of carbonyl (C=O) groups is 1. The zero-order valence-corrected chi connectivity index (χ0v) is 17.1. The Balaban J connectivity index is 2.03. The molecule has 0 atom stereocenters. The summed E-state index contributed by atoms with van der Waals surface area (Å²) in [5.74, 6) is 1.59. The summed E-state index contributed by atoms with van der Waals surface area (Å²) >= 11 is 0. The Kier molecular flexibility index (Phi) is 9.19. The predicted molar refractivity (Wildman–Crippen MR) is 111 cm³/mol. The molecule has 28 heavy (non-hydrogen) atoms. The van der Waals surface area contributed by atoms with E-state index >= 15 is 0 Å². The normalized spacial score (nSPS) is 10.4. The lowest BCUT2D eigenvalue weighted by molar-refractivity contribution is 0.0953. The number of benzene rings is 2. The molecule has 5 heteroatoms. The summed E-state index contributed by atoms with van der Waals surface area (Å²) in [7, 11) is 3.28. The van der Waals surface area contributed by atoms with Crippen molar-refractivity contribution >= 4 is 6.09 Å². The van der Waals surface area contributed by atoms with Crippen molar-refractivity contribution in [1.82, 2.24) is 4.90 Å². The van der Waals surface area contributed by atoms with Gasteiger partial charge >= 0.3 is 6.09 Å². The van der Waals surface area contributed by atoms with Crippen LogP contribution in [-0.2, 0) is 17.8 Å². The fraction of sp³-hybridized carbons (Fsp3) is 0.435.